The Bertz CT molecular complexity index is 290. The zero-order valence-corrected chi connectivity index (χ0v) is 11.0. The van der Waals surface area contributed by atoms with Gasteiger partial charge < -0.3 is 5.32 Å². The molecule has 78 valence electrons. The monoisotopic (exact) mass is 293 g/mol. The molecule has 1 aromatic rings. The lowest BCUT2D eigenvalue weighted by molar-refractivity contribution is 0.301. The van der Waals surface area contributed by atoms with Crippen molar-refractivity contribution in [3.05, 3.63) is 19.8 Å². The molecule has 1 aliphatic carbocycles. The van der Waals surface area contributed by atoms with Crippen LogP contribution in [0.15, 0.2) is 10.5 Å². The molecule has 1 N–H and O–H groups in total. The van der Waals surface area contributed by atoms with E-state index in [-0.39, 0.29) is 0 Å². The topological polar surface area (TPSA) is 12.0 Å². The molecule has 1 heterocycles. The molecule has 0 aliphatic heterocycles. The van der Waals surface area contributed by atoms with Crippen LogP contribution in [0, 0.1) is 5.92 Å². The zero-order chi connectivity index (χ0) is 9.97. The number of halogens is 2. The van der Waals surface area contributed by atoms with Crippen molar-refractivity contribution in [3.8, 4) is 0 Å². The molecular formula is C10H13BrClNS. The van der Waals surface area contributed by atoms with Crippen molar-refractivity contribution < 1.29 is 0 Å². The lowest BCUT2D eigenvalue weighted by Gasteiger charge is -2.25. The summed E-state index contributed by atoms with van der Waals surface area (Å²) >= 11 is 11.0. The summed E-state index contributed by atoms with van der Waals surface area (Å²) in [6.07, 6.45) is 4.23. The number of thiophene rings is 1. The van der Waals surface area contributed by atoms with E-state index in [1.54, 1.807) is 11.3 Å². The Morgan fingerprint density at radius 3 is 2.86 bits per heavy atom. The lowest BCUT2D eigenvalue weighted by atomic mass is 9.85. The van der Waals surface area contributed by atoms with E-state index in [1.807, 2.05) is 0 Å². The van der Waals surface area contributed by atoms with E-state index in [1.165, 1.54) is 24.1 Å². The fourth-order valence-electron chi connectivity index (χ4n) is 1.57. The SMILES string of the molecule is Clc1sc(CNCC2CCC2)cc1Br. The van der Waals surface area contributed by atoms with Crippen molar-refractivity contribution in [1.29, 1.82) is 0 Å². The molecule has 0 bridgehead atoms. The van der Waals surface area contributed by atoms with E-state index in [0.717, 1.165) is 27.8 Å². The van der Waals surface area contributed by atoms with Crippen LogP contribution in [0.2, 0.25) is 4.34 Å². The Labute approximate surface area is 102 Å². The maximum absolute atomic E-state index is 5.95. The van der Waals surface area contributed by atoms with Crippen LogP contribution in [-0.2, 0) is 6.54 Å². The summed E-state index contributed by atoms with van der Waals surface area (Å²) in [6.45, 7) is 2.11. The van der Waals surface area contributed by atoms with Crippen LogP contribution in [0.4, 0.5) is 0 Å². The van der Waals surface area contributed by atoms with Crippen molar-refractivity contribution in [2.75, 3.05) is 6.54 Å². The molecule has 1 nitrogen and oxygen atoms in total. The van der Waals surface area contributed by atoms with Gasteiger partial charge in [-0.3, -0.25) is 0 Å². The van der Waals surface area contributed by atoms with E-state index < -0.39 is 0 Å². The molecule has 0 amide bonds. The van der Waals surface area contributed by atoms with Crippen LogP contribution in [0.5, 0.6) is 0 Å². The standard InChI is InChI=1S/C10H13BrClNS/c11-9-4-8(14-10(9)12)6-13-5-7-2-1-3-7/h4,7,13H,1-3,5-6H2. The van der Waals surface area contributed by atoms with Gasteiger partial charge in [0, 0.05) is 15.9 Å². The van der Waals surface area contributed by atoms with Crippen molar-refractivity contribution in [1.82, 2.24) is 5.32 Å². The highest BCUT2D eigenvalue weighted by Gasteiger charge is 2.16. The van der Waals surface area contributed by atoms with Gasteiger partial charge in [0.2, 0.25) is 0 Å². The van der Waals surface area contributed by atoms with Crippen LogP contribution in [0.25, 0.3) is 0 Å². The minimum atomic E-state index is 0.852. The highest BCUT2D eigenvalue weighted by atomic mass is 79.9. The summed E-state index contributed by atoms with van der Waals surface area (Å²) in [5.41, 5.74) is 0. The van der Waals surface area contributed by atoms with E-state index in [0.29, 0.717) is 0 Å². The molecular weight excluding hydrogens is 282 g/mol. The Hall–Kier alpha value is 0.430. The molecule has 0 atom stereocenters. The van der Waals surface area contributed by atoms with Crippen LogP contribution < -0.4 is 5.32 Å². The van der Waals surface area contributed by atoms with E-state index in [2.05, 4.69) is 27.3 Å². The van der Waals surface area contributed by atoms with Crippen molar-refractivity contribution in [3.63, 3.8) is 0 Å². The maximum atomic E-state index is 5.95. The van der Waals surface area contributed by atoms with Gasteiger partial charge in [-0.05, 0) is 47.3 Å². The fraction of sp³-hybridized carbons (Fsp3) is 0.600. The molecule has 14 heavy (non-hydrogen) atoms. The molecule has 0 spiro atoms. The van der Waals surface area contributed by atoms with Crippen molar-refractivity contribution in [2.45, 2.75) is 25.8 Å². The summed E-state index contributed by atoms with van der Waals surface area (Å²) in [7, 11) is 0. The van der Waals surface area contributed by atoms with Gasteiger partial charge in [0.1, 0.15) is 4.34 Å². The molecule has 1 saturated carbocycles. The Balaban J connectivity index is 1.74. The zero-order valence-electron chi connectivity index (χ0n) is 7.85. The van der Waals surface area contributed by atoms with Crippen LogP contribution >= 0.6 is 38.9 Å². The Morgan fingerprint density at radius 2 is 2.36 bits per heavy atom. The molecule has 0 saturated heterocycles. The molecule has 0 unspecified atom stereocenters. The average Bonchev–Trinajstić information content (AvgIpc) is 2.37. The number of hydrogen-bond acceptors (Lipinski definition) is 2. The first-order chi connectivity index (χ1) is 6.75. The van der Waals surface area contributed by atoms with Gasteiger partial charge in [-0.25, -0.2) is 0 Å². The second-order valence-electron chi connectivity index (χ2n) is 3.76. The Morgan fingerprint density at radius 1 is 1.57 bits per heavy atom. The molecule has 1 fully saturated rings. The highest BCUT2D eigenvalue weighted by molar-refractivity contribution is 9.10. The van der Waals surface area contributed by atoms with Gasteiger partial charge in [-0.2, -0.15) is 0 Å². The van der Waals surface area contributed by atoms with Gasteiger partial charge in [0.15, 0.2) is 0 Å². The normalized spacial score (nSPS) is 17.0. The smallest absolute Gasteiger partial charge is 0.107 e. The molecule has 0 aromatic carbocycles. The van der Waals surface area contributed by atoms with Crippen molar-refractivity contribution in [2.24, 2.45) is 5.92 Å². The van der Waals surface area contributed by atoms with E-state index >= 15 is 0 Å². The minimum Gasteiger partial charge on any atom is -0.312 e. The first-order valence-electron chi connectivity index (χ1n) is 4.90. The van der Waals surface area contributed by atoms with Gasteiger partial charge in [0.25, 0.3) is 0 Å². The predicted octanol–water partition coefficient (Wildman–Crippen LogP) is 4.05. The van der Waals surface area contributed by atoms with Gasteiger partial charge in [-0.15, -0.1) is 11.3 Å². The highest BCUT2D eigenvalue weighted by Crippen LogP contribution is 2.32. The summed E-state index contributed by atoms with van der Waals surface area (Å²) in [5, 5.41) is 3.48. The summed E-state index contributed by atoms with van der Waals surface area (Å²) in [6, 6.07) is 2.10. The third kappa shape index (κ3) is 2.72. The summed E-state index contributed by atoms with van der Waals surface area (Å²) < 4.78 is 1.87. The van der Waals surface area contributed by atoms with E-state index in [9.17, 15) is 0 Å². The fourth-order valence-corrected chi connectivity index (χ4v) is 3.34. The average molecular weight is 295 g/mol. The van der Waals surface area contributed by atoms with Crippen LogP contribution in [0.3, 0.4) is 0 Å². The van der Waals surface area contributed by atoms with Crippen LogP contribution in [0.1, 0.15) is 24.1 Å². The van der Waals surface area contributed by atoms with Gasteiger partial charge in [0.05, 0.1) is 0 Å². The minimum absolute atomic E-state index is 0.852. The third-order valence-corrected chi connectivity index (χ3v) is 5.13. The lowest BCUT2D eigenvalue weighted by Crippen LogP contribution is -2.26. The summed E-state index contributed by atoms with van der Waals surface area (Å²) in [5.74, 6) is 0.925. The first-order valence-corrected chi connectivity index (χ1v) is 6.89. The van der Waals surface area contributed by atoms with Crippen LogP contribution in [-0.4, -0.2) is 6.54 Å². The quantitative estimate of drug-likeness (QED) is 0.883. The second-order valence-corrected chi connectivity index (χ2v) is 6.36. The third-order valence-electron chi connectivity index (χ3n) is 2.65. The van der Waals surface area contributed by atoms with E-state index in [4.69, 9.17) is 11.6 Å². The number of hydrogen-bond donors (Lipinski definition) is 1. The van der Waals surface area contributed by atoms with Gasteiger partial charge in [-0.1, -0.05) is 18.0 Å². The van der Waals surface area contributed by atoms with Crippen molar-refractivity contribution >= 4 is 38.9 Å². The second kappa shape index (κ2) is 4.97. The maximum Gasteiger partial charge on any atom is 0.107 e. The predicted molar refractivity (Wildman–Crippen MR) is 66.1 cm³/mol. The molecule has 0 radical (unpaired) electrons. The Kier molecular flexibility index (Phi) is 3.88. The number of rotatable bonds is 4. The molecule has 1 aromatic heterocycles. The first kappa shape index (κ1) is 10.9. The molecule has 1 aliphatic rings. The summed E-state index contributed by atoms with van der Waals surface area (Å²) in [4.78, 5) is 1.31. The van der Waals surface area contributed by atoms with Gasteiger partial charge >= 0.3 is 0 Å². The largest absolute Gasteiger partial charge is 0.312 e. The number of nitrogens with one attached hydrogen (secondary N) is 1. The molecule has 2 rings (SSSR count). The molecule has 4 heteroatoms.